The number of carbonyl (C=O) groups excluding carboxylic acids is 1. The van der Waals surface area contributed by atoms with Crippen LogP contribution < -0.4 is 5.32 Å². The lowest BCUT2D eigenvalue weighted by molar-refractivity contribution is -0.379. The highest BCUT2D eigenvalue weighted by Crippen LogP contribution is 2.34. The lowest BCUT2D eigenvalue weighted by atomic mass is 9.96. The van der Waals surface area contributed by atoms with Gasteiger partial charge in [-0.3, -0.25) is 4.79 Å². The Morgan fingerprint density at radius 3 is 0.973 bits per heavy atom. The minimum absolute atomic E-state index is 0.246. The van der Waals surface area contributed by atoms with Crippen LogP contribution in [0.3, 0.4) is 0 Å². The van der Waals surface area contributed by atoms with Crippen LogP contribution in [-0.4, -0.2) is 193 Å². The summed E-state index contributed by atoms with van der Waals surface area (Å²) in [5, 5.41) is 121. The molecule has 3 fully saturated rings. The normalized spacial score (nSPS) is 25.5. The number of ether oxygens (including phenoxy) is 6. The molecule has 0 spiro atoms. The molecule has 19 nitrogen and oxygen atoms in total. The number of carbonyl (C=O) groups is 1. The Balaban J connectivity index is 1.33. The monoisotopic (exact) mass is 1570 g/mol. The Kier molecular flexibility index (Phi) is 65.1. The Bertz CT molecular complexity index is 2380. The van der Waals surface area contributed by atoms with Crippen LogP contribution in [-0.2, 0) is 33.2 Å². The predicted octanol–water partition coefficient (Wildman–Crippen LogP) is 17.1. The molecule has 3 saturated heterocycles. The van der Waals surface area contributed by atoms with Gasteiger partial charge >= 0.3 is 0 Å². The van der Waals surface area contributed by atoms with Crippen molar-refractivity contribution in [1.29, 1.82) is 0 Å². The van der Waals surface area contributed by atoms with E-state index in [9.17, 15) is 61.0 Å². The summed E-state index contributed by atoms with van der Waals surface area (Å²) in [6.07, 6.45) is 70.7. The number of aliphatic hydroxyl groups is 11. The van der Waals surface area contributed by atoms with E-state index in [2.05, 4.69) is 116 Å². The quantitative estimate of drug-likeness (QED) is 0.0199. The van der Waals surface area contributed by atoms with Gasteiger partial charge in [0, 0.05) is 6.42 Å². The van der Waals surface area contributed by atoms with Crippen molar-refractivity contribution < 1.29 is 89.4 Å². The molecular weight excluding hydrogens is 1410 g/mol. The molecule has 0 saturated carbocycles. The Morgan fingerprint density at radius 2 is 0.622 bits per heavy atom. The first-order valence-corrected chi connectivity index (χ1v) is 45.0. The van der Waals surface area contributed by atoms with E-state index in [0.29, 0.717) is 12.8 Å². The molecule has 644 valence electrons. The van der Waals surface area contributed by atoms with Gasteiger partial charge in [-0.25, -0.2) is 0 Å². The zero-order chi connectivity index (χ0) is 80.3. The van der Waals surface area contributed by atoms with Crippen molar-refractivity contribution in [2.24, 2.45) is 0 Å². The van der Waals surface area contributed by atoms with Gasteiger partial charge in [-0.05, 0) is 77.0 Å². The van der Waals surface area contributed by atoms with Crippen molar-refractivity contribution in [3.63, 3.8) is 0 Å². The summed E-state index contributed by atoms with van der Waals surface area (Å²) in [4.78, 5) is 13.5. The summed E-state index contributed by atoms with van der Waals surface area (Å²) in [6, 6.07) is -0.898. The van der Waals surface area contributed by atoms with Crippen molar-refractivity contribution in [1.82, 2.24) is 5.32 Å². The SMILES string of the molecule is CC/C=C\C/C=C\C/C=C\C/C=C\C/C=C\C/C=C\C/C=C\C/C=C\CCCCCCCCCCCCC(=O)NC(COC1OC(CO)C(OC2OC(CO)C(OC3OC(CO)C(O)C(O)C3O)C(O)C2O)C(O)C1O)C(O)CCCCCCCCCCCCCCCCCCCCCCCCCCCCCCCCC. The lowest BCUT2D eigenvalue weighted by Gasteiger charge is -2.48. The topological polar surface area (TPSA) is 307 Å². The van der Waals surface area contributed by atoms with Gasteiger partial charge in [-0.1, -0.05) is 361 Å². The fourth-order valence-electron chi connectivity index (χ4n) is 14.8. The van der Waals surface area contributed by atoms with Crippen molar-refractivity contribution in [3.8, 4) is 0 Å². The molecular formula is C92H163NO18. The molecule has 12 N–H and O–H groups in total. The summed E-state index contributed by atoms with van der Waals surface area (Å²) in [6.45, 7) is 1.73. The smallest absolute Gasteiger partial charge is 0.220 e. The van der Waals surface area contributed by atoms with E-state index in [1.54, 1.807) is 0 Å². The summed E-state index contributed by atoms with van der Waals surface area (Å²) in [7, 11) is 0. The second kappa shape index (κ2) is 70.9. The predicted molar refractivity (Wildman–Crippen MR) is 447 cm³/mol. The molecule has 0 bridgehead atoms. The van der Waals surface area contributed by atoms with Crippen LogP contribution in [0.1, 0.15) is 348 Å². The van der Waals surface area contributed by atoms with E-state index in [4.69, 9.17) is 28.4 Å². The van der Waals surface area contributed by atoms with E-state index in [1.807, 2.05) is 0 Å². The van der Waals surface area contributed by atoms with E-state index >= 15 is 0 Å². The number of unbranched alkanes of at least 4 members (excludes halogenated alkanes) is 40. The third-order valence-corrected chi connectivity index (χ3v) is 21.9. The molecule has 3 aliphatic heterocycles. The first kappa shape index (κ1) is 102. The number of nitrogens with one attached hydrogen (secondary N) is 1. The van der Waals surface area contributed by atoms with Gasteiger partial charge in [-0.15, -0.1) is 0 Å². The minimum Gasteiger partial charge on any atom is -0.394 e. The van der Waals surface area contributed by atoms with Gasteiger partial charge in [0.1, 0.15) is 73.2 Å². The number of amides is 1. The van der Waals surface area contributed by atoms with Crippen LogP contribution >= 0.6 is 0 Å². The van der Waals surface area contributed by atoms with Crippen molar-refractivity contribution >= 4 is 5.91 Å². The summed E-state index contributed by atoms with van der Waals surface area (Å²) in [5.41, 5.74) is 0. The first-order chi connectivity index (χ1) is 54.3. The molecule has 17 unspecified atom stereocenters. The Morgan fingerprint density at radius 1 is 0.333 bits per heavy atom. The lowest BCUT2D eigenvalue weighted by Crippen LogP contribution is -2.66. The molecule has 0 radical (unpaired) electrons. The molecule has 19 heteroatoms. The number of rotatable bonds is 72. The van der Waals surface area contributed by atoms with Crippen LogP contribution in [0.2, 0.25) is 0 Å². The molecule has 0 aliphatic carbocycles. The van der Waals surface area contributed by atoms with Crippen LogP contribution in [0.5, 0.6) is 0 Å². The van der Waals surface area contributed by atoms with Crippen molar-refractivity contribution in [3.05, 3.63) is 97.2 Å². The van der Waals surface area contributed by atoms with E-state index in [1.165, 1.54) is 205 Å². The molecule has 17 atom stereocenters. The van der Waals surface area contributed by atoms with Gasteiger partial charge in [0.25, 0.3) is 0 Å². The third-order valence-electron chi connectivity index (χ3n) is 21.9. The fourth-order valence-corrected chi connectivity index (χ4v) is 14.8. The summed E-state index contributed by atoms with van der Waals surface area (Å²) >= 11 is 0. The highest BCUT2D eigenvalue weighted by Gasteiger charge is 2.54. The summed E-state index contributed by atoms with van der Waals surface area (Å²) in [5.74, 6) is -0.246. The maximum atomic E-state index is 13.5. The van der Waals surface area contributed by atoms with Crippen molar-refractivity contribution in [2.45, 2.75) is 452 Å². The van der Waals surface area contributed by atoms with Crippen LogP contribution in [0, 0.1) is 0 Å². The standard InChI is InChI=1S/C92H163NO18/c1-3-5-7-9-11-13-15-17-19-21-23-25-27-29-31-33-35-36-37-38-40-42-44-46-48-50-52-54-56-58-60-62-64-66-68-70-80(98)93-75(76(97)69-67-65-63-61-59-57-55-53-51-49-47-45-43-41-39-34-32-30-28-26-24-22-20-18-16-14-12-10-8-6-4-2)74-106-90-86(104)83(101)88(78(72-95)108-90)111-92-87(105)84(102)89(79(73-96)109-92)110-91-85(103)82(100)81(99)77(71-94)107-91/h5,7,11,13,17,19,23,25,29,31,35-36,38,40,44,46,75-79,81-92,94-97,99-105H,3-4,6,8-10,12,14-16,18,20-22,24,26-28,30,32-34,37,39,41-43,45,47-74H2,1-2H3,(H,93,98)/b7-5-,13-11-,19-17-,25-23-,31-29-,36-35-,40-38-,46-44-. The van der Waals surface area contributed by atoms with Crippen LogP contribution in [0.15, 0.2) is 97.2 Å². The number of hydrogen-bond acceptors (Lipinski definition) is 18. The number of allylic oxidation sites excluding steroid dienone is 16. The molecule has 111 heavy (non-hydrogen) atoms. The number of aliphatic hydroxyl groups excluding tert-OH is 11. The molecule has 0 aromatic heterocycles. The average molecular weight is 1570 g/mol. The van der Waals surface area contributed by atoms with Crippen LogP contribution in [0.4, 0.5) is 0 Å². The summed E-state index contributed by atoms with van der Waals surface area (Å²) < 4.78 is 34.6. The van der Waals surface area contributed by atoms with E-state index < -0.39 is 124 Å². The molecule has 3 heterocycles. The third kappa shape index (κ3) is 49.5. The van der Waals surface area contributed by atoms with Gasteiger partial charge in [-0.2, -0.15) is 0 Å². The maximum Gasteiger partial charge on any atom is 0.220 e. The van der Waals surface area contributed by atoms with E-state index in [-0.39, 0.29) is 18.9 Å². The van der Waals surface area contributed by atoms with Gasteiger partial charge in [0.15, 0.2) is 18.9 Å². The minimum atomic E-state index is -1.98. The second-order valence-electron chi connectivity index (χ2n) is 31.7. The highest BCUT2D eigenvalue weighted by atomic mass is 16.8. The molecule has 0 aromatic carbocycles. The fraction of sp³-hybridized carbons (Fsp3) is 0.815. The van der Waals surface area contributed by atoms with Crippen molar-refractivity contribution in [2.75, 3.05) is 26.4 Å². The largest absolute Gasteiger partial charge is 0.394 e. The zero-order valence-corrected chi connectivity index (χ0v) is 69.4. The Hall–Kier alpha value is -3.29. The molecule has 3 rings (SSSR count). The number of hydrogen-bond donors (Lipinski definition) is 12. The maximum absolute atomic E-state index is 13.5. The molecule has 3 aliphatic rings. The zero-order valence-electron chi connectivity index (χ0n) is 69.4. The molecule has 0 aromatic rings. The Labute approximate surface area is 673 Å². The van der Waals surface area contributed by atoms with Crippen LogP contribution in [0.25, 0.3) is 0 Å². The molecule has 1 amide bonds. The van der Waals surface area contributed by atoms with Gasteiger partial charge in [0.05, 0.1) is 38.6 Å². The second-order valence-corrected chi connectivity index (χ2v) is 31.7. The first-order valence-electron chi connectivity index (χ1n) is 45.0. The van der Waals surface area contributed by atoms with Gasteiger partial charge < -0.3 is 89.9 Å². The highest BCUT2D eigenvalue weighted by molar-refractivity contribution is 5.76. The van der Waals surface area contributed by atoms with E-state index in [0.717, 1.165) is 109 Å². The van der Waals surface area contributed by atoms with Gasteiger partial charge in [0.2, 0.25) is 5.91 Å². The average Bonchev–Trinajstić information content (AvgIpc) is 0.780.